The third-order valence-electron chi connectivity index (χ3n) is 4.77. The van der Waals surface area contributed by atoms with Crippen molar-refractivity contribution in [1.29, 1.82) is 0 Å². The molecule has 1 aliphatic carbocycles. The summed E-state index contributed by atoms with van der Waals surface area (Å²) in [4.78, 5) is 11.3. The van der Waals surface area contributed by atoms with Crippen molar-refractivity contribution in [3.63, 3.8) is 0 Å². The van der Waals surface area contributed by atoms with Crippen LogP contribution < -0.4 is 0 Å². The second-order valence-corrected chi connectivity index (χ2v) is 6.54. The summed E-state index contributed by atoms with van der Waals surface area (Å²) in [6.07, 6.45) is -0.415. The number of aliphatic hydroxyl groups is 1. The molecule has 0 unspecified atom stereocenters. The van der Waals surface area contributed by atoms with E-state index in [1.54, 1.807) is 12.1 Å². The zero-order valence-electron chi connectivity index (χ0n) is 13.6. The summed E-state index contributed by atoms with van der Waals surface area (Å²) in [5, 5.41) is 16.5. The van der Waals surface area contributed by atoms with Gasteiger partial charge in [0.15, 0.2) is 0 Å². The molecule has 3 rings (SSSR count). The molecule has 1 saturated heterocycles. The predicted octanol–water partition coefficient (Wildman–Crippen LogP) is 2.95. The van der Waals surface area contributed by atoms with Gasteiger partial charge in [0, 0.05) is 18.0 Å². The third kappa shape index (κ3) is 5.15. The van der Waals surface area contributed by atoms with Crippen LogP contribution >= 0.6 is 0 Å². The fourth-order valence-corrected chi connectivity index (χ4v) is 3.19. The lowest BCUT2D eigenvalue weighted by molar-refractivity contribution is -0.192. The highest BCUT2D eigenvalue weighted by Crippen LogP contribution is 2.49. The van der Waals surface area contributed by atoms with Crippen LogP contribution in [0, 0.1) is 5.82 Å². The van der Waals surface area contributed by atoms with Crippen LogP contribution in [0.2, 0.25) is 0 Å². The Labute approximate surface area is 143 Å². The standard InChI is InChI=1S/C15H20FNO.C2HF3O2/c16-13-5-3-12(4-6-13)15(7-8-15)11-17-9-1-2-14(17)10-18;3-2(4,5)1(6)7/h3-6,14,18H,1-2,7-11H2;(H,6,7)/t14-;/m0./s1. The average molecular weight is 363 g/mol. The maximum Gasteiger partial charge on any atom is 0.490 e. The van der Waals surface area contributed by atoms with Crippen molar-refractivity contribution in [3.05, 3.63) is 35.6 Å². The zero-order chi connectivity index (χ0) is 18.7. The number of carboxylic acid groups (broad SMARTS) is 1. The molecule has 0 amide bonds. The fourth-order valence-electron chi connectivity index (χ4n) is 3.19. The smallest absolute Gasteiger partial charge is 0.475 e. The summed E-state index contributed by atoms with van der Waals surface area (Å²) < 4.78 is 44.7. The van der Waals surface area contributed by atoms with Crippen LogP contribution in [0.5, 0.6) is 0 Å². The first kappa shape index (κ1) is 19.7. The highest BCUT2D eigenvalue weighted by Gasteiger charge is 2.46. The van der Waals surface area contributed by atoms with Crippen LogP contribution in [-0.4, -0.2) is 53.0 Å². The van der Waals surface area contributed by atoms with E-state index in [1.165, 1.54) is 24.8 Å². The third-order valence-corrected chi connectivity index (χ3v) is 4.77. The van der Waals surface area contributed by atoms with E-state index in [4.69, 9.17) is 9.90 Å². The number of hydrogen-bond acceptors (Lipinski definition) is 3. The number of aliphatic hydroxyl groups excluding tert-OH is 1. The van der Waals surface area contributed by atoms with Gasteiger partial charge >= 0.3 is 12.1 Å². The number of hydrogen-bond donors (Lipinski definition) is 2. The van der Waals surface area contributed by atoms with E-state index in [-0.39, 0.29) is 17.8 Å². The van der Waals surface area contributed by atoms with Crippen LogP contribution in [0.3, 0.4) is 0 Å². The van der Waals surface area contributed by atoms with E-state index < -0.39 is 12.1 Å². The van der Waals surface area contributed by atoms with Gasteiger partial charge < -0.3 is 10.2 Å². The molecule has 2 fully saturated rings. The molecule has 25 heavy (non-hydrogen) atoms. The molecule has 0 aromatic heterocycles. The van der Waals surface area contributed by atoms with Crippen LogP contribution in [-0.2, 0) is 10.2 Å². The van der Waals surface area contributed by atoms with Crippen molar-refractivity contribution in [2.75, 3.05) is 19.7 Å². The minimum atomic E-state index is -5.08. The number of rotatable bonds is 4. The summed E-state index contributed by atoms with van der Waals surface area (Å²) in [6.45, 7) is 2.37. The maximum atomic E-state index is 13.0. The Balaban J connectivity index is 0.000000277. The van der Waals surface area contributed by atoms with Crippen molar-refractivity contribution >= 4 is 5.97 Å². The van der Waals surface area contributed by atoms with Crippen molar-refractivity contribution < 1.29 is 32.6 Å². The molecule has 1 aromatic carbocycles. The SMILES string of the molecule is O=C(O)C(F)(F)F.OC[C@@H]1CCCN1CC1(c2ccc(F)cc2)CC1. The number of aliphatic carboxylic acids is 1. The monoisotopic (exact) mass is 363 g/mol. The van der Waals surface area contributed by atoms with Gasteiger partial charge in [0.05, 0.1) is 6.61 Å². The van der Waals surface area contributed by atoms with E-state index in [0.717, 1.165) is 19.5 Å². The van der Waals surface area contributed by atoms with E-state index in [2.05, 4.69) is 4.90 Å². The Kier molecular flexibility index (Phi) is 6.05. The van der Waals surface area contributed by atoms with Crippen LogP contribution in [0.15, 0.2) is 24.3 Å². The molecule has 0 radical (unpaired) electrons. The van der Waals surface area contributed by atoms with Crippen molar-refractivity contribution in [3.8, 4) is 0 Å². The van der Waals surface area contributed by atoms with E-state index in [1.807, 2.05) is 12.1 Å². The van der Waals surface area contributed by atoms with Crippen molar-refractivity contribution in [2.24, 2.45) is 0 Å². The first-order valence-electron chi connectivity index (χ1n) is 8.09. The number of carbonyl (C=O) groups is 1. The summed E-state index contributed by atoms with van der Waals surface area (Å²) in [6, 6.07) is 7.30. The molecule has 1 heterocycles. The molecule has 140 valence electrons. The molecule has 1 aromatic rings. The van der Waals surface area contributed by atoms with Gasteiger partial charge in [0.2, 0.25) is 0 Å². The number of alkyl halides is 3. The second-order valence-electron chi connectivity index (χ2n) is 6.54. The number of likely N-dealkylation sites (tertiary alicyclic amines) is 1. The van der Waals surface area contributed by atoms with Gasteiger partial charge in [0.1, 0.15) is 5.82 Å². The van der Waals surface area contributed by atoms with E-state index in [9.17, 15) is 22.7 Å². The maximum absolute atomic E-state index is 13.0. The largest absolute Gasteiger partial charge is 0.490 e. The van der Waals surface area contributed by atoms with E-state index in [0.29, 0.717) is 6.04 Å². The minimum absolute atomic E-state index is 0.163. The van der Waals surface area contributed by atoms with Gasteiger partial charge in [-0.15, -0.1) is 0 Å². The molecule has 2 N–H and O–H groups in total. The first-order valence-corrected chi connectivity index (χ1v) is 8.09. The molecule has 1 saturated carbocycles. The highest BCUT2D eigenvalue weighted by molar-refractivity contribution is 5.73. The molecule has 1 atom stereocenters. The summed E-state index contributed by atoms with van der Waals surface area (Å²) in [5.41, 5.74) is 1.48. The Morgan fingerprint density at radius 1 is 1.24 bits per heavy atom. The Morgan fingerprint density at radius 2 is 1.80 bits per heavy atom. The molecular weight excluding hydrogens is 342 g/mol. The quantitative estimate of drug-likeness (QED) is 0.808. The minimum Gasteiger partial charge on any atom is -0.475 e. The Morgan fingerprint density at radius 3 is 2.24 bits per heavy atom. The summed E-state index contributed by atoms with van der Waals surface area (Å²) in [7, 11) is 0. The van der Waals surface area contributed by atoms with Gasteiger partial charge in [-0.1, -0.05) is 12.1 Å². The summed E-state index contributed by atoms with van der Waals surface area (Å²) >= 11 is 0. The van der Waals surface area contributed by atoms with E-state index >= 15 is 0 Å². The lowest BCUT2D eigenvalue weighted by Crippen LogP contribution is -2.38. The molecule has 8 heteroatoms. The number of carboxylic acids is 1. The highest BCUT2D eigenvalue weighted by atomic mass is 19.4. The summed E-state index contributed by atoms with van der Waals surface area (Å²) in [5.74, 6) is -2.92. The van der Waals surface area contributed by atoms with Crippen LogP contribution in [0.1, 0.15) is 31.2 Å². The molecule has 4 nitrogen and oxygen atoms in total. The normalized spacial score (nSPS) is 22.2. The predicted molar refractivity (Wildman–Crippen MR) is 82.7 cm³/mol. The van der Waals surface area contributed by atoms with Crippen LogP contribution in [0.4, 0.5) is 17.6 Å². The molecule has 1 aliphatic heterocycles. The van der Waals surface area contributed by atoms with Gasteiger partial charge in [0.25, 0.3) is 0 Å². The fraction of sp³-hybridized carbons (Fsp3) is 0.588. The molecule has 0 bridgehead atoms. The molecule has 2 aliphatic rings. The average Bonchev–Trinajstić information content (AvgIpc) is 3.18. The van der Waals surface area contributed by atoms with Crippen molar-refractivity contribution in [2.45, 2.75) is 43.3 Å². The Bertz CT molecular complexity index is 585. The lowest BCUT2D eigenvalue weighted by atomic mass is 9.95. The van der Waals surface area contributed by atoms with Gasteiger partial charge in [-0.25, -0.2) is 9.18 Å². The second kappa shape index (κ2) is 7.70. The van der Waals surface area contributed by atoms with Crippen molar-refractivity contribution in [1.82, 2.24) is 4.90 Å². The number of nitrogens with zero attached hydrogens (tertiary/aromatic N) is 1. The lowest BCUT2D eigenvalue weighted by Gasteiger charge is -2.28. The first-order chi connectivity index (χ1) is 11.7. The number of halogens is 4. The topological polar surface area (TPSA) is 60.8 Å². The molecular formula is C17H21F4NO3. The van der Waals surface area contributed by atoms with Gasteiger partial charge in [-0.3, -0.25) is 4.90 Å². The zero-order valence-corrected chi connectivity index (χ0v) is 13.6. The van der Waals surface area contributed by atoms with Gasteiger partial charge in [-0.05, 0) is 49.9 Å². The number of benzene rings is 1. The molecule has 0 spiro atoms. The van der Waals surface area contributed by atoms with Crippen LogP contribution in [0.25, 0.3) is 0 Å². The van der Waals surface area contributed by atoms with Gasteiger partial charge in [-0.2, -0.15) is 13.2 Å². The Hall–Kier alpha value is -1.67.